The predicted octanol–water partition coefficient (Wildman–Crippen LogP) is 2.43. The lowest BCUT2D eigenvalue weighted by Crippen LogP contribution is -2.57. The number of nitrogens with one attached hydrogen (secondary N) is 1. The number of nitrogens with zero attached hydrogens (tertiary/aromatic N) is 2. The molecule has 6 heteroatoms. The molecule has 0 aromatic carbocycles. The van der Waals surface area contributed by atoms with E-state index < -0.39 is 0 Å². The Morgan fingerprint density at radius 3 is 2.73 bits per heavy atom. The van der Waals surface area contributed by atoms with E-state index in [1.54, 1.807) is 11.1 Å². The van der Waals surface area contributed by atoms with E-state index >= 15 is 0 Å². The highest BCUT2D eigenvalue weighted by Crippen LogP contribution is 2.28. The van der Waals surface area contributed by atoms with Gasteiger partial charge in [0, 0.05) is 18.5 Å². The van der Waals surface area contributed by atoms with Gasteiger partial charge in [0.05, 0.1) is 11.2 Å². The summed E-state index contributed by atoms with van der Waals surface area (Å²) in [5.41, 5.74) is -0.0696. The second-order valence-corrected chi connectivity index (χ2v) is 8.25. The summed E-state index contributed by atoms with van der Waals surface area (Å²) in [6, 6.07) is -0.374. The number of hydrogen-bond acceptors (Lipinski definition) is 4. The molecule has 1 unspecified atom stereocenters. The number of carbonyl (C=O) groups is 2. The first kappa shape index (κ1) is 16.9. The minimum atomic E-state index is -0.374. The Morgan fingerprint density at radius 2 is 2.18 bits per heavy atom. The molecule has 2 heterocycles. The molecule has 1 saturated heterocycles. The van der Waals surface area contributed by atoms with Gasteiger partial charge in [0.15, 0.2) is 0 Å². The van der Waals surface area contributed by atoms with Gasteiger partial charge < -0.3 is 10.2 Å². The Morgan fingerprint density at radius 1 is 1.50 bits per heavy atom. The van der Waals surface area contributed by atoms with Gasteiger partial charge >= 0.3 is 0 Å². The second kappa shape index (κ2) is 6.36. The lowest BCUT2D eigenvalue weighted by molar-refractivity contribution is -0.128. The number of piperazine rings is 1. The highest BCUT2D eigenvalue weighted by Gasteiger charge is 2.35. The molecule has 22 heavy (non-hydrogen) atoms. The van der Waals surface area contributed by atoms with Crippen molar-refractivity contribution in [2.24, 2.45) is 5.92 Å². The summed E-state index contributed by atoms with van der Waals surface area (Å²) < 4.78 is 0. The lowest BCUT2D eigenvalue weighted by atomic mass is 9.98. The zero-order valence-electron chi connectivity index (χ0n) is 14.0. The summed E-state index contributed by atoms with van der Waals surface area (Å²) >= 11 is 1.43. The van der Waals surface area contributed by atoms with Gasteiger partial charge in [-0.05, 0) is 12.3 Å². The van der Waals surface area contributed by atoms with Crippen molar-refractivity contribution in [1.82, 2.24) is 15.2 Å². The maximum absolute atomic E-state index is 12.8. The fraction of sp³-hybridized carbons (Fsp3) is 0.688. The van der Waals surface area contributed by atoms with Gasteiger partial charge in [-0.15, -0.1) is 11.3 Å². The molecule has 1 aliphatic rings. The first-order chi connectivity index (χ1) is 10.2. The SMILES string of the molecule is CC(C)CC1C(=O)NCCN1C(=O)c1cnc(C(C)(C)C)s1. The van der Waals surface area contributed by atoms with Crippen molar-refractivity contribution in [3.05, 3.63) is 16.1 Å². The fourth-order valence-corrected chi connectivity index (χ4v) is 3.43. The number of hydrogen-bond donors (Lipinski definition) is 1. The second-order valence-electron chi connectivity index (χ2n) is 7.21. The molecule has 0 aliphatic carbocycles. The van der Waals surface area contributed by atoms with E-state index in [9.17, 15) is 9.59 Å². The lowest BCUT2D eigenvalue weighted by Gasteiger charge is -2.35. The van der Waals surface area contributed by atoms with Crippen LogP contribution >= 0.6 is 11.3 Å². The van der Waals surface area contributed by atoms with E-state index in [0.29, 0.717) is 30.3 Å². The van der Waals surface area contributed by atoms with E-state index in [2.05, 4.69) is 44.9 Å². The van der Waals surface area contributed by atoms with Crippen molar-refractivity contribution in [1.29, 1.82) is 0 Å². The van der Waals surface area contributed by atoms with E-state index in [1.165, 1.54) is 11.3 Å². The molecule has 1 fully saturated rings. The average Bonchev–Trinajstić information content (AvgIpc) is 2.89. The molecule has 2 rings (SSSR count). The summed E-state index contributed by atoms with van der Waals surface area (Å²) in [5.74, 6) is 0.234. The van der Waals surface area contributed by atoms with Gasteiger partial charge in [-0.25, -0.2) is 4.98 Å². The Hall–Kier alpha value is -1.43. The van der Waals surface area contributed by atoms with Crippen molar-refractivity contribution in [2.45, 2.75) is 52.5 Å². The van der Waals surface area contributed by atoms with Crippen molar-refractivity contribution in [3.8, 4) is 0 Å². The minimum absolute atomic E-state index is 0.0474. The third-order valence-corrected chi connectivity index (χ3v) is 5.06. The maximum Gasteiger partial charge on any atom is 0.266 e. The quantitative estimate of drug-likeness (QED) is 0.929. The molecule has 0 bridgehead atoms. The highest BCUT2D eigenvalue weighted by atomic mass is 32.1. The van der Waals surface area contributed by atoms with Gasteiger partial charge in [-0.2, -0.15) is 0 Å². The van der Waals surface area contributed by atoms with Crippen LogP contribution in [0.1, 0.15) is 55.7 Å². The third-order valence-electron chi connectivity index (χ3n) is 3.64. The molecule has 1 aliphatic heterocycles. The molecule has 1 aromatic heterocycles. The van der Waals surface area contributed by atoms with Gasteiger partial charge in [-0.3, -0.25) is 9.59 Å². The first-order valence-electron chi connectivity index (χ1n) is 7.75. The van der Waals surface area contributed by atoms with Crippen molar-refractivity contribution in [3.63, 3.8) is 0 Å². The Balaban J connectivity index is 2.22. The summed E-state index contributed by atoms with van der Waals surface area (Å²) in [6.45, 7) is 11.4. The standard InChI is InChI=1S/C16H25N3O2S/c1-10(2)8-11-13(20)17-6-7-19(11)14(21)12-9-18-15(22-12)16(3,4)5/h9-11H,6-8H2,1-5H3,(H,17,20). The van der Waals surface area contributed by atoms with Gasteiger partial charge in [0.2, 0.25) is 5.91 Å². The zero-order chi connectivity index (χ0) is 16.5. The molecule has 1 atom stereocenters. The van der Waals surface area contributed by atoms with Crippen LogP contribution in [-0.4, -0.2) is 40.8 Å². The Kier molecular flexibility index (Phi) is 4.90. The molecular weight excluding hydrogens is 298 g/mol. The number of carbonyl (C=O) groups excluding carboxylic acids is 2. The van der Waals surface area contributed by atoms with Crippen molar-refractivity contribution >= 4 is 23.2 Å². The maximum atomic E-state index is 12.8. The fourth-order valence-electron chi connectivity index (χ4n) is 2.50. The summed E-state index contributed by atoms with van der Waals surface area (Å²) in [6.07, 6.45) is 2.33. The predicted molar refractivity (Wildman–Crippen MR) is 88.1 cm³/mol. The van der Waals surface area contributed by atoms with Crippen LogP contribution in [0.5, 0.6) is 0 Å². The van der Waals surface area contributed by atoms with Crippen LogP contribution in [0.25, 0.3) is 0 Å². The third kappa shape index (κ3) is 3.66. The van der Waals surface area contributed by atoms with E-state index in [-0.39, 0.29) is 23.3 Å². The van der Waals surface area contributed by atoms with Crippen LogP contribution in [0, 0.1) is 5.92 Å². The van der Waals surface area contributed by atoms with Gasteiger partial charge in [0.25, 0.3) is 5.91 Å². The molecule has 1 aromatic rings. The van der Waals surface area contributed by atoms with E-state index in [1.807, 2.05) is 0 Å². The van der Waals surface area contributed by atoms with Crippen molar-refractivity contribution in [2.75, 3.05) is 13.1 Å². The monoisotopic (exact) mass is 323 g/mol. The molecule has 1 N–H and O–H groups in total. The number of aromatic nitrogens is 1. The zero-order valence-corrected chi connectivity index (χ0v) is 14.8. The Labute approximate surface area is 136 Å². The largest absolute Gasteiger partial charge is 0.353 e. The molecule has 5 nitrogen and oxygen atoms in total. The smallest absolute Gasteiger partial charge is 0.266 e. The van der Waals surface area contributed by atoms with Gasteiger partial charge in [-0.1, -0.05) is 34.6 Å². The topological polar surface area (TPSA) is 62.3 Å². The van der Waals surface area contributed by atoms with Crippen LogP contribution in [-0.2, 0) is 10.2 Å². The Bertz CT molecular complexity index is 560. The first-order valence-corrected chi connectivity index (χ1v) is 8.56. The highest BCUT2D eigenvalue weighted by molar-refractivity contribution is 7.13. The van der Waals surface area contributed by atoms with Crippen LogP contribution < -0.4 is 5.32 Å². The molecule has 0 radical (unpaired) electrons. The number of amides is 2. The van der Waals surface area contributed by atoms with E-state index in [0.717, 1.165) is 5.01 Å². The number of rotatable bonds is 3. The van der Waals surface area contributed by atoms with Crippen LogP contribution in [0.3, 0.4) is 0 Å². The molecule has 122 valence electrons. The molecule has 0 saturated carbocycles. The summed E-state index contributed by atoms with van der Waals surface area (Å²) in [7, 11) is 0. The van der Waals surface area contributed by atoms with E-state index in [4.69, 9.17) is 0 Å². The van der Waals surface area contributed by atoms with Crippen LogP contribution in [0.2, 0.25) is 0 Å². The summed E-state index contributed by atoms with van der Waals surface area (Å²) in [4.78, 5) is 31.6. The minimum Gasteiger partial charge on any atom is -0.353 e. The van der Waals surface area contributed by atoms with Crippen LogP contribution in [0.4, 0.5) is 0 Å². The molecular formula is C16H25N3O2S. The van der Waals surface area contributed by atoms with Crippen LogP contribution in [0.15, 0.2) is 6.20 Å². The van der Waals surface area contributed by atoms with Crippen molar-refractivity contribution < 1.29 is 9.59 Å². The number of thiazole rings is 1. The average molecular weight is 323 g/mol. The normalized spacial score (nSPS) is 19.5. The summed E-state index contributed by atoms with van der Waals surface area (Å²) in [5, 5.41) is 3.80. The molecule has 0 spiro atoms. The molecule has 2 amide bonds. The van der Waals surface area contributed by atoms with Gasteiger partial charge in [0.1, 0.15) is 10.9 Å².